The van der Waals surface area contributed by atoms with E-state index in [0.29, 0.717) is 0 Å². The van der Waals surface area contributed by atoms with Crippen molar-refractivity contribution in [3.63, 3.8) is 0 Å². The van der Waals surface area contributed by atoms with Crippen molar-refractivity contribution in [3.05, 3.63) is 48.3 Å². The molecule has 0 radical (unpaired) electrons. The Labute approximate surface area is 115 Å². The third-order valence-electron chi connectivity index (χ3n) is 2.19. The van der Waals surface area contributed by atoms with Crippen molar-refractivity contribution in [2.45, 2.75) is 0 Å². The molecule has 2 N–H and O–H groups in total. The third-order valence-corrected chi connectivity index (χ3v) is 2.19. The van der Waals surface area contributed by atoms with Crippen LogP contribution >= 0.6 is 0 Å². The van der Waals surface area contributed by atoms with Crippen molar-refractivity contribution in [1.82, 2.24) is 5.32 Å². The van der Waals surface area contributed by atoms with Gasteiger partial charge in [0.05, 0.1) is 0 Å². The smallest absolute Gasteiger partial charge is 0.328 e. The van der Waals surface area contributed by atoms with E-state index in [4.69, 9.17) is 9.84 Å². The average Bonchev–Trinajstić information content (AvgIpc) is 2.41. The quantitative estimate of drug-likeness (QED) is 0.587. The van der Waals surface area contributed by atoms with Crippen LogP contribution in [-0.2, 0) is 9.59 Å². The molecule has 0 aliphatic carbocycles. The predicted octanol–water partition coefficient (Wildman–Crippen LogP) is 1.60. The SMILES string of the molecule is C=CCNC(=O)COc1c(F)cccc1/C=C/C(=O)O. The van der Waals surface area contributed by atoms with Crippen LogP contribution in [0.3, 0.4) is 0 Å². The van der Waals surface area contributed by atoms with E-state index in [1.165, 1.54) is 24.3 Å². The zero-order chi connectivity index (χ0) is 15.0. The molecule has 0 bridgehead atoms. The Hall–Kier alpha value is -2.63. The zero-order valence-electron chi connectivity index (χ0n) is 10.6. The van der Waals surface area contributed by atoms with Gasteiger partial charge in [-0.3, -0.25) is 4.79 Å². The highest BCUT2D eigenvalue weighted by molar-refractivity contribution is 5.86. The molecular formula is C14H14FNO4. The lowest BCUT2D eigenvalue weighted by atomic mass is 10.2. The Morgan fingerprint density at radius 1 is 1.45 bits per heavy atom. The normalized spacial score (nSPS) is 10.2. The fraction of sp³-hybridized carbons (Fsp3) is 0.143. The highest BCUT2D eigenvalue weighted by Gasteiger charge is 2.10. The van der Waals surface area contributed by atoms with Gasteiger partial charge < -0.3 is 15.2 Å². The molecule has 1 amide bonds. The Kier molecular flexibility index (Phi) is 5.96. The minimum atomic E-state index is -1.16. The summed E-state index contributed by atoms with van der Waals surface area (Å²) in [6.07, 6.45) is 3.56. The van der Waals surface area contributed by atoms with Crippen LogP contribution in [0.25, 0.3) is 6.08 Å². The standard InChI is InChI=1S/C14H14FNO4/c1-2-8-16-12(17)9-20-14-10(6-7-13(18)19)4-3-5-11(14)15/h2-7H,1,8-9H2,(H,16,17)(H,18,19)/b7-6+. The van der Waals surface area contributed by atoms with E-state index in [9.17, 15) is 14.0 Å². The number of carbonyl (C=O) groups excluding carboxylic acids is 1. The molecular weight excluding hydrogens is 265 g/mol. The van der Waals surface area contributed by atoms with Gasteiger partial charge in [0.2, 0.25) is 0 Å². The molecule has 6 heteroatoms. The van der Waals surface area contributed by atoms with Crippen molar-refractivity contribution in [2.75, 3.05) is 13.2 Å². The van der Waals surface area contributed by atoms with Gasteiger partial charge in [-0.25, -0.2) is 9.18 Å². The van der Waals surface area contributed by atoms with E-state index in [0.717, 1.165) is 12.1 Å². The Bertz CT molecular complexity index is 540. The molecule has 1 aromatic rings. The summed E-state index contributed by atoms with van der Waals surface area (Å²) >= 11 is 0. The van der Waals surface area contributed by atoms with Gasteiger partial charge in [0, 0.05) is 18.2 Å². The summed E-state index contributed by atoms with van der Waals surface area (Å²) in [6.45, 7) is 3.35. The van der Waals surface area contributed by atoms with Crippen molar-refractivity contribution in [1.29, 1.82) is 0 Å². The van der Waals surface area contributed by atoms with E-state index in [1.807, 2.05) is 0 Å². The number of aliphatic carboxylic acids is 1. The molecule has 0 saturated carbocycles. The van der Waals surface area contributed by atoms with Crippen molar-refractivity contribution >= 4 is 18.0 Å². The highest BCUT2D eigenvalue weighted by atomic mass is 19.1. The lowest BCUT2D eigenvalue weighted by Crippen LogP contribution is -2.29. The summed E-state index contributed by atoms with van der Waals surface area (Å²) in [5.41, 5.74) is 0.240. The summed E-state index contributed by atoms with van der Waals surface area (Å²) in [6, 6.07) is 4.07. The molecule has 1 rings (SSSR count). The number of hydrogen-bond acceptors (Lipinski definition) is 3. The van der Waals surface area contributed by atoms with Crippen LogP contribution in [0.1, 0.15) is 5.56 Å². The zero-order valence-corrected chi connectivity index (χ0v) is 10.6. The number of ether oxygens (including phenoxy) is 1. The number of nitrogens with one attached hydrogen (secondary N) is 1. The van der Waals surface area contributed by atoms with Crippen LogP contribution in [0.4, 0.5) is 4.39 Å². The number of carboxylic acids is 1. The van der Waals surface area contributed by atoms with Crippen LogP contribution in [0, 0.1) is 5.82 Å². The first-order valence-corrected chi connectivity index (χ1v) is 5.74. The van der Waals surface area contributed by atoms with E-state index < -0.39 is 17.7 Å². The Balaban J connectivity index is 2.80. The highest BCUT2D eigenvalue weighted by Crippen LogP contribution is 2.23. The van der Waals surface area contributed by atoms with Crippen LogP contribution in [0.15, 0.2) is 36.9 Å². The summed E-state index contributed by atoms with van der Waals surface area (Å²) in [5, 5.41) is 11.0. The van der Waals surface area contributed by atoms with Gasteiger partial charge in [-0.15, -0.1) is 6.58 Å². The molecule has 20 heavy (non-hydrogen) atoms. The minimum absolute atomic E-state index is 0.168. The maximum Gasteiger partial charge on any atom is 0.328 e. The molecule has 106 valence electrons. The molecule has 0 atom stereocenters. The van der Waals surface area contributed by atoms with Crippen molar-refractivity contribution in [2.24, 2.45) is 0 Å². The number of hydrogen-bond donors (Lipinski definition) is 2. The molecule has 5 nitrogen and oxygen atoms in total. The topological polar surface area (TPSA) is 75.6 Å². The fourth-order valence-electron chi connectivity index (χ4n) is 1.34. The van der Waals surface area contributed by atoms with Crippen LogP contribution in [0.5, 0.6) is 5.75 Å². The largest absolute Gasteiger partial charge is 0.480 e. The minimum Gasteiger partial charge on any atom is -0.480 e. The van der Waals surface area contributed by atoms with Crippen molar-refractivity contribution < 1.29 is 23.8 Å². The Morgan fingerprint density at radius 2 is 2.20 bits per heavy atom. The van der Waals surface area contributed by atoms with Gasteiger partial charge in [0.1, 0.15) is 0 Å². The molecule has 0 aliphatic rings. The molecule has 0 fully saturated rings. The second-order valence-electron chi connectivity index (χ2n) is 3.71. The van der Waals surface area contributed by atoms with Gasteiger partial charge in [-0.2, -0.15) is 0 Å². The number of rotatable bonds is 7. The first-order valence-electron chi connectivity index (χ1n) is 5.74. The third kappa shape index (κ3) is 4.93. The average molecular weight is 279 g/mol. The second-order valence-corrected chi connectivity index (χ2v) is 3.71. The number of carboxylic acid groups (broad SMARTS) is 1. The maximum atomic E-state index is 13.6. The number of halogens is 1. The van der Waals surface area contributed by atoms with E-state index in [1.54, 1.807) is 0 Å². The first-order chi connectivity index (χ1) is 9.54. The molecule has 0 unspecified atom stereocenters. The van der Waals surface area contributed by atoms with Crippen LogP contribution < -0.4 is 10.1 Å². The van der Waals surface area contributed by atoms with Gasteiger partial charge in [-0.1, -0.05) is 18.2 Å². The molecule has 0 saturated heterocycles. The molecule has 0 aliphatic heterocycles. The summed E-state index contributed by atoms with van der Waals surface area (Å²) in [5.74, 6) is -2.43. The first kappa shape index (κ1) is 15.4. The number of para-hydroxylation sites is 1. The van der Waals surface area contributed by atoms with Gasteiger partial charge >= 0.3 is 5.97 Å². The Morgan fingerprint density at radius 3 is 2.85 bits per heavy atom. The fourth-order valence-corrected chi connectivity index (χ4v) is 1.34. The maximum absolute atomic E-state index is 13.6. The van der Waals surface area contributed by atoms with E-state index in [2.05, 4.69) is 11.9 Å². The number of benzene rings is 1. The molecule has 0 heterocycles. The lowest BCUT2D eigenvalue weighted by Gasteiger charge is -2.10. The predicted molar refractivity (Wildman–Crippen MR) is 71.8 cm³/mol. The molecule has 1 aromatic carbocycles. The van der Waals surface area contributed by atoms with Gasteiger partial charge in [0.15, 0.2) is 18.2 Å². The summed E-state index contributed by atoms with van der Waals surface area (Å²) in [4.78, 5) is 21.8. The monoisotopic (exact) mass is 279 g/mol. The van der Waals surface area contributed by atoms with Gasteiger partial charge in [0.25, 0.3) is 5.91 Å². The summed E-state index contributed by atoms with van der Waals surface area (Å²) in [7, 11) is 0. The van der Waals surface area contributed by atoms with Crippen LogP contribution in [-0.4, -0.2) is 30.1 Å². The van der Waals surface area contributed by atoms with E-state index in [-0.39, 0.29) is 24.5 Å². The van der Waals surface area contributed by atoms with Crippen LogP contribution in [0.2, 0.25) is 0 Å². The van der Waals surface area contributed by atoms with E-state index >= 15 is 0 Å². The number of carbonyl (C=O) groups is 2. The van der Waals surface area contributed by atoms with Gasteiger partial charge in [-0.05, 0) is 12.1 Å². The summed E-state index contributed by atoms with van der Waals surface area (Å²) < 4.78 is 18.7. The second kappa shape index (κ2) is 7.73. The molecule has 0 spiro atoms. The number of amides is 1. The lowest BCUT2D eigenvalue weighted by molar-refractivity contribution is -0.131. The van der Waals surface area contributed by atoms with Crippen molar-refractivity contribution in [3.8, 4) is 5.75 Å². The molecule has 0 aromatic heterocycles.